The molecule has 106 valence electrons. The van der Waals surface area contributed by atoms with E-state index in [4.69, 9.17) is 10.5 Å². The molecular weight excluding hydrogens is 273 g/mol. The Morgan fingerprint density at radius 1 is 1.15 bits per heavy atom. The van der Waals surface area contributed by atoms with E-state index in [0.29, 0.717) is 5.69 Å². The molecule has 0 heterocycles. The highest BCUT2D eigenvalue weighted by atomic mass is 32.2. The molecule has 0 saturated heterocycles. The lowest BCUT2D eigenvalue weighted by atomic mass is 10.2. The van der Waals surface area contributed by atoms with Gasteiger partial charge in [-0.15, -0.1) is 0 Å². The largest absolute Gasteiger partial charge is 0.488 e. The molecule has 0 bridgehead atoms. The maximum Gasteiger partial charge on any atom is 0.167 e. The zero-order chi connectivity index (χ0) is 14.7. The number of ether oxygens (including phenoxy) is 1. The van der Waals surface area contributed by atoms with Crippen LogP contribution in [-0.4, -0.2) is 6.10 Å². The lowest BCUT2D eigenvalue weighted by molar-refractivity contribution is 0.230. The Kier molecular flexibility index (Phi) is 4.55. The molecule has 0 unspecified atom stereocenters. The Balaban J connectivity index is 2.34. The molecule has 4 heteroatoms. The third-order valence-electron chi connectivity index (χ3n) is 2.74. The van der Waals surface area contributed by atoms with Gasteiger partial charge in [0, 0.05) is 21.5 Å². The van der Waals surface area contributed by atoms with Crippen molar-refractivity contribution in [2.75, 3.05) is 5.73 Å². The van der Waals surface area contributed by atoms with Crippen LogP contribution in [-0.2, 0) is 0 Å². The van der Waals surface area contributed by atoms with Gasteiger partial charge in [0.15, 0.2) is 11.6 Å². The van der Waals surface area contributed by atoms with Gasteiger partial charge >= 0.3 is 0 Å². The Bertz CT molecular complexity index is 613. The van der Waals surface area contributed by atoms with Gasteiger partial charge in [-0.1, -0.05) is 30.0 Å². The first-order valence-corrected chi connectivity index (χ1v) is 7.28. The molecule has 0 aliphatic heterocycles. The minimum atomic E-state index is -0.426. The summed E-state index contributed by atoms with van der Waals surface area (Å²) < 4.78 is 19.3. The van der Waals surface area contributed by atoms with Crippen molar-refractivity contribution in [2.45, 2.75) is 36.7 Å². The van der Waals surface area contributed by atoms with E-state index in [1.807, 2.05) is 45.0 Å². The van der Waals surface area contributed by atoms with Gasteiger partial charge in [0.05, 0.1) is 6.10 Å². The summed E-state index contributed by atoms with van der Waals surface area (Å²) >= 11 is 1.52. The highest BCUT2D eigenvalue weighted by Gasteiger charge is 2.12. The van der Waals surface area contributed by atoms with Gasteiger partial charge in [-0.05, 0) is 38.5 Å². The van der Waals surface area contributed by atoms with E-state index in [-0.39, 0.29) is 11.9 Å². The average Bonchev–Trinajstić information content (AvgIpc) is 2.37. The van der Waals surface area contributed by atoms with Crippen LogP contribution in [0, 0.1) is 12.7 Å². The second kappa shape index (κ2) is 6.18. The zero-order valence-electron chi connectivity index (χ0n) is 11.8. The van der Waals surface area contributed by atoms with Crippen molar-refractivity contribution < 1.29 is 9.13 Å². The Morgan fingerprint density at radius 2 is 1.85 bits per heavy atom. The van der Waals surface area contributed by atoms with Crippen LogP contribution >= 0.6 is 11.8 Å². The summed E-state index contributed by atoms with van der Waals surface area (Å²) in [5.41, 5.74) is 7.49. The predicted octanol–water partition coefficient (Wildman–Crippen LogP) is 4.65. The van der Waals surface area contributed by atoms with E-state index in [1.165, 1.54) is 17.8 Å². The summed E-state index contributed by atoms with van der Waals surface area (Å²) in [4.78, 5) is 1.90. The molecule has 2 aromatic carbocycles. The Hall–Kier alpha value is -1.68. The van der Waals surface area contributed by atoms with Gasteiger partial charge < -0.3 is 10.5 Å². The first-order chi connectivity index (χ1) is 9.47. The van der Waals surface area contributed by atoms with Crippen LogP contribution in [0.15, 0.2) is 46.2 Å². The lowest BCUT2D eigenvalue weighted by Crippen LogP contribution is -2.07. The fourth-order valence-corrected chi connectivity index (χ4v) is 2.73. The SMILES string of the molecule is Cc1ccccc1Sc1cc(OC(C)C)c(F)cc1N. The Morgan fingerprint density at radius 3 is 2.50 bits per heavy atom. The number of benzene rings is 2. The molecule has 2 nitrogen and oxygen atoms in total. The van der Waals surface area contributed by atoms with Crippen molar-refractivity contribution in [3.05, 3.63) is 47.8 Å². The van der Waals surface area contributed by atoms with E-state index < -0.39 is 5.82 Å². The number of hydrogen-bond donors (Lipinski definition) is 1. The summed E-state index contributed by atoms with van der Waals surface area (Å²) in [6.07, 6.45) is -0.0792. The second-order valence-electron chi connectivity index (χ2n) is 4.85. The highest BCUT2D eigenvalue weighted by Crippen LogP contribution is 2.37. The van der Waals surface area contributed by atoms with Crippen molar-refractivity contribution in [3.8, 4) is 5.75 Å². The number of hydrogen-bond acceptors (Lipinski definition) is 3. The average molecular weight is 291 g/mol. The molecule has 20 heavy (non-hydrogen) atoms. The van der Waals surface area contributed by atoms with Crippen molar-refractivity contribution >= 4 is 17.4 Å². The minimum Gasteiger partial charge on any atom is -0.488 e. The van der Waals surface area contributed by atoms with Gasteiger partial charge in [0.2, 0.25) is 0 Å². The molecule has 2 rings (SSSR count). The third kappa shape index (κ3) is 3.45. The second-order valence-corrected chi connectivity index (χ2v) is 5.94. The first kappa shape index (κ1) is 14.7. The maximum atomic E-state index is 13.8. The van der Waals surface area contributed by atoms with E-state index in [2.05, 4.69) is 0 Å². The van der Waals surface area contributed by atoms with Crippen LogP contribution in [0.25, 0.3) is 0 Å². The molecule has 0 aromatic heterocycles. The first-order valence-electron chi connectivity index (χ1n) is 6.46. The van der Waals surface area contributed by atoms with Crippen LogP contribution in [0.4, 0.5) is 10.1 Å². The van der Waals surface area contributed by atoms with Crippen molar-refractivity contribution in [1.82, 2.24) is 0 Å². The van der Waals surface area contributed by atoms with Gasteiger partial charge in [0.1, 0.15) is 0 Å². The van der Waals surface area contributed by atoms with Crippen LogP contribution in [0.5, 0.6) is 5.75 Å². The van der Waals surface area contributed by atoms with E-state index >= 15 is 0 Å². The molecule has 0 spiro atoms. The summed E-state index contributed by atoms with van der Waals surface area (Å²) in [5.74, 6) is -0.185. The van der Waals surface area contributed by atoms with E-state index in [1.54, 1.807) is 6.07 Å². The molecule has 0 aliphatic carbocycles. The zero-order valence-corrected chi connectivity index (χ0v) is 12.6. The summed E-state index contributed by atoms with van der Waals surface area (Å²) in [5, 5.41) is 0. The highest BCUT2D eigenvalue weighted by molar-refractivity contribution is 7.99. The van der Waals surface area contributed by atoms with E-state index in [0.717, 1.165) is 15.4 Å². The number of rotatable bonds is 4. The predicted molar refractivity (Wildman–Crippen MR) is 81.9 cm³/mol. The molecule has 0 amide bonds. The quantitative estimate of drug-likeness (QED) is 0.832. The summed E-state index contributed by atoms with van der Waals surface area (Å²) in [7, 11) is 0. The minimum absolute atomic E-state index is 0.0792. The summed E-state index contributed by atoms with van der Waals surface area (Å²) in [6, 6.07) is 11.0. The van der Waals surface area contributed by atoms with Crippen molar-refractivity contribution in [3.63, 3.8) is 0 Å². The molecule has 2 aromatic rings. The standard InChI is InChI=1S/C16H18FNOS/c1-10(2)19-14-9-16(13(18)8-12(14)17)20-15-7-5-4-6-11(15)3/h4-10H,18H2,1-3H3. The lowest BCUT2D eigenvalue weighted by Gasteiger charge is -2.14. The number of aryl methyl sites for hydroxylation is 1. The topological polar surface area (TPSA) is 35.2 Å². The molecule has 0 atom stereocenters. The fourth-order valence-electron chi connectivity index (χ4n) is 1.77. The van der Waals surface area contributed by atoms with Gasteiger partial charge in [0.25, 0.3) is 0 Å². The molecule has 0 saturated carbocycles. The van der Waals surface area contributed by atoms with E-state index in [9.17, 15) is 4.39 Å². The normalized spacial score (nSPS) is 10.8. The van der Waals surface area contributed by atoms with Crippen LogP contribution in [0.2, 0.25) is 0 Å². The van der Waals surface area contributed by atoms with Crippen LogP contribution < -0.4 is 10.5 Å². The van der Waals surface area contributed by atoms with Crippen molar-refractivity contribution in [2.24, 2.45) is 0 Å². The smallest absolute Gasteiger partial charge is 0.167 e. The van der Waals surface area contributed by atoms with Crippen LogP contribution in [0.3, 0.4) is 0 Å². The Labute approximate surface area is 123 Å². The van der Waals surface area contributed by atoms with Gasteiger partial charge in [-0.25, -0.2) is 4.39 Å². The number of nitrogen functional groups attached to an aromatic ring is 1. The van der Waals surface area contributed by atoms with Crippen molar-refractivity contribution in [1.29, 1.82) is 0 Å². The molecule has 2 N–H and O–H groups in total. The van der Waals surface area contributed by atoms with Gasteiger partial charge in [-0.3, -0.25) is 0 Å². The molecular formula is C16H18FNOS. The van der Waals surface area contributed by atoms with Gasteiger partial charge in [-0.2, -0.15) is 0 Å². The molecule has 0 fully saturated rings. The summed E-state index contributed by atoms with van der Waals surface area (Å²) in [6.45, 7) is 5.77. The molecule has 0 aliphatic rings. The maximum absolute atomic E-state index is 13.8. The van der Waals surface area contributed by atoms with Crippen LogP contribution in [0.1, 0.15) is 19.4 Å². The monoisotopic (exact) mass is 291 g/mol. The third-order valence-corrected chi connectivity index (χ3v) is 3.99. The number of nitrogens with two attached hydrogens (primary N) is 1. The molecule has 0 radical (unpaired) electrons. The fraction of sp³-hybridized carbons (Fsp3) is 0.250. The number of halogens is 1. The number of anilines is 1.